The third-order valence-corrected chi connectivity index (χ3v) is 4.64. The van der Waals surface area contributed by atoms with E-state index in [1.165, 1.54) is 6.42 Å². The van der Waals surface area contributed by atoms with E-state index in [-0.39, 0.29) is 5.91 Å². The van der Waals surface area contributed by atoms with E-state index in [2.05, 4.69) is 27.1 Å². The Morgan fingerprint density at radius 2 is 2.12 bits per heavy atom. The maximum atomic E-state index is 12.6. The van der Waals surface area contributed by atoms with Crippen molar-refractivity contribution in [2.75, 3.05) is 20.1 Å². The Labute approximate surface area is 143 Å². The van der Waals surface area contributed by atoms with Crippen molar-refractivity contribution in [1.82, 2.24) is 24.6 Å². The second kappa shape index (κ2) is 8.06. The Morgan fingerprint density at radius 3 is 2.88 bits per heavy atom. The van der Waals surface area contributed by atoms with Gasteiger partial charge in [0.1, 0.15) is 12.7 Å². The van der Waals surface area contributed by atoms with Gasteiger partial charge < -0.3 is 4.90 Å². The van der Waals surface area contributed by atoms with Crippen LogP contribution >= 0.6 is 0 Å². The average Bonchev–Trinajstić information content (AvgIpc) is 3.10. The van der Waals surface area contributed by atoms with Crippen molar-refractivity contribution < 1.29 is 4.79 Å². The van der Waals surface area contributed by atoms with E-state index < -0.39 is 0 Å². The molecule has 0 bridgehead atoms. The lowest BCUT2D eigenvalue weighted by Gasteiger charge is -2.36. The third kappa shape index (κ3) is 4.41. The van der Waals surface area contributed by atoms with Crippen molar-refractivity contribution in [1.29, 1.82) is 0 Å². The Bertz CT molecular complexity index is 628. The standard InChI is InChI=1S/C18H25N5O/c1-21(11-16-7-3-2-4-8-16)18(24)13-22-10-6-5-9-17(22)12-23-15-19-14-20-23/h2-4,7-8,14-15,17H,5-6,9-13H2,1H3/t17-/m1/s1. The van der Waals surface area contributed by atoms with Crippen LogP contribution in [0.25, 0.3) is 0 Å². The molecule has 0 saturated carbocycles. The zero-order valence-electron chi connectivity index (χ0n) is 14.2. The van der Waals surface area contributed by atoms with E-state index in [0.29, 0.717) is 19.1 Å². The molecule has 1 aromatic heterocycles. The van der Waals surface area contributed by atoms with Crippen LogP contribution in [0.15, 0.2) is 43.0 Å². The molecule has 6 heteroatoms. The minimum absolute atomic E-state index is 0.171. The molecular weight excluding hydrogens is 302 g/mol. The van der Waals surface area contributed by atoms with Gasteiger partial charge in [-0.15, -0.1) is 0 Å². The predicted octanol–water partition coefficient (Wildman–Crippen LogP) is 1.79. The summed E-state index contributed by atoms with van der Waals surface area (Å²) in [5, 5.41) is 4.20. The Morgan fingerprint density at radius 1 is 1.29 bits per heavy atom. The minimum atomic E-state index is 0.171. The Hall–Kier alpha value is -2.21. The van der Waals surface area contributed by atoms with Gasteiger partial charge in [-0.3, -0.25) is 14.4 Å². The summed E-state index contributed by atoms with van der Waals surface area (Å²) in [6, 6.07) is 10.5. The van der Waals surface area contributed by atoms with Crippen molar-refractivity contribution in [2.24, 2.45) is 0 Å². The second-order valence-electron chi connectivity index (χ2n) is 6.47. The first-order chi connectivity index (χ1) is 11.7. The number of piperidine rings is 1. The normalized spacial score (nSPS) is 18.5. The molecule has 24 heavy (non-hydrogen) atoms. The highest BCUT2D eigenvalue weighted by Crippen LogP contribution is 2.18. The fourth-order valence-electron chi connectivity index (χ4n) is 3.26. The Kier molecular flexibility index (Phi) is 5.59. The minimum Gasteiger partial charge on any atom is -0.340 e. The topological polar surface area (TPSA) is 54.3 Å². The van der Waals surface area contributed by atoms with Gasteiger partial charge in [-0.2, -0.15) is 5.10 Å². The molecule has 1 saturated heterocycles. The number of aromatic nitrogens is 3. The van der Waals surface area contributed by atoms with Crippen LogP contribution in [-0.4, -0.2) is 56.7 Å². The van der Waals surface area contributed by atoms with Gasteiger partial charge in [-0.25, -0.2) is 4.98 Å². The van der Waals surface area contributed by atoms with Crippen LogP contribution in [0.5, 0.6) is 0 Å². The molecule has 0 spiro atoms. The first-order valence-corrected chi connectivity index (χ1v) is 8.57. The van der Waals surface area contributed by atoms with Crippen LogP contribution < -0.4 is 0 Å². The first-order valence-electron chi connectivity index (χ1n) is 8.57. The van der Waals surface area contributed by atoms with Gasteiger partial charge in [0.15, 0.2) is 0 Å². The maximum Gasteiger partial charge on any atom is 0.236 e. The van der Waals surface area contributed by atoms with E-state index in [0.717, 1.165) is 31.5 Å². The molecule has 1 amide bonds. The lowest BCUT2D eigenvalue weighted by Crippen LogP contribution is -2.47. The number of amides is 1. The monoisotopic (exact) mass is 327 g/mol. The Balaban J connectivity index is 1.56. The zero-order valence-corrected chi connectivity index (χ0v) is 14.2. The summed E-state index contributed by atoms with van der Waals surface area (Å²) < 4.78 is 1.86. The molecule has 3 rings (SSSR count). The number of hydrogen-bond donors (Lipinski definition) is 0. The molecule has 1 aliphatic rings. The molecule has 1 aliphatic heterocycles. The van der Waals surface area contributed by atoms with Crippen LogP contribution in [0, 0.1) is 0 Å². The summed E-state index contributed by atoms with van der Waals surface area (Å²) in [6.07, 6.45) is 6.78. The summed E-state index contributed by atoms with van der Waals surface area (Å²) >= 11 is 0. The first kappa shape index (κ1) is 16.6. The van der Waals surface area contributed by atoms with Gasteiger partial charge in [0, 0.05) is 19.6 Å². The SMILES string of the molecule is CN(Cc1ccccc1)C(=O)CN1CCCC[C@@H]1Cn1cncn1. The van der Waals surface area contributed by atoms with Crippen molar-refractivity contribution in [2.45, 2.75) is 38.4 Å². The number of likely N-dealkylation sites (tertiary alicyclic amines) is 1. The summed E-state index contributed by atoms with van der Waals surface area (Å²) in [5.74, 6) is 0.171. The highest BCUT2D eigenvalue weighted by molar-refractivity contribution is 5.78. The molecule has 0 N–H and O–H groups in total. The number of carbonyl (C=O) groups is 1. The quantitative estimate of drug-likeness (QED) is 0.812. The van der Waals surface area contributed by atoms with Crippen LogP contribution in [0.1, 0.15) is 24.8 Å². The van der Waals surface area contributed by atoms with Crippen molar-refractivity contribution in [3.8, 4) is 0 Å². The van der Waals surface area contributed by atoms with Crippen LogP contribution in [0.2, 0.25) is 0 Å². The lowest BCUT2D eigenvalue weighted by molar-refractivity contribution is -0.132. The number of nitrogens with zero attached hydrogens (tertiary/aromatic N) is 5. The number of benzene rings is 1. The van der Waals surface area contributed by atoms with Gasteiger partial charge >= 0.3 is 0 Å². The van der Waals surface area contributed by atoms with Crippen molar-refractivity contribution >= 4 is 5.91 Å². The molecule has 0 unspecified atom stereocenters. The molecule has 0 aliphatic carbocycles. The molecule has 1 atom stereocenters. The highest BCUT2D eigenvalue weighted by Gasteiger charge is 2.25. The zero-order chi connectivity index (χ0) is 16.8. The van der Waals surface area contributed by atoms with Gasteiger partial charge in [0.25, 0.3) is 0 Å². The molecule has 1 aromatic carbocycles. The summed E-state index contributed by atoms with van der Waals surface area (Å²) in [6.45, 7) is 2.91. The fraction of sp³-hybridized carbons (Fsp3) is 0.500. The molecule has 6 nitrogen and oxygen atoms in total. The molecule has 0 radical (unpaired) electrons. The smallest absolute Gasteiger partial charge is 0.236 e. The van der Waals surface area contributed by atoms with E-state index in [1.807, 2.05) is 34.8 Å². The number of hydrogen-bond acceptors (Lipinski definition) is 4. The van der Waals surface area contributed by atoms with Gasteiger partial charge in [0.05, 0.1) is 13.1 Å². The largest absolute Gasteiger partial charge is 0.340 e. The number of carbonyl (C=O) groups excluding carboxylic acids is 1. The second-order valence-corrected chi connectivity index (χ2v) is 6.47. The van der Waals surface area contributed by atoms with Crippen LogP contribution in [-0.2, 0) is 17.9 Å². The van der Waals surface area contributed by atoms with Crippen molar-refractivity contribution in [3.63, 3.8) is 0 Å². The predicted molar refractivity (Wildman–Crippen MR) is 92.2 cm³/mol. The summed E-state index contributed by atoms with van der Waals surface area (Å²) in [7, 11) is 1.88. The summed E-state index contributed by atoms with van der Waals surface area (Å²) in [4.78, 5) is 20.7. The average molecular weight is 327 g/mol. The molecule has 128 valence electrons. The van der Waals surface area contributed by atoms with Gasteiger partial charge in [0.2, 0.25) is 5.91 Å². The molecular formula is C18H25N5O. The lowest BCUT2D eigenvalue weighted by atomic mass is 10.0. The van der Waals surface area contributed by atoms with Crippen LogP contribution in [0.4, 0.5) is 0 Å². The van der Waals surface area contributed by atoms with E-state index in [1.54, 1.807) is 12.7 Å². The third-order valence-electron chi connectivity index (χ3n) is 4.64. The van der Waals surface area contributed by atoms with E-state index >= 15 is 0 Å². The number of likely N-dealkylation sites (N-methyl/N-ethyl adjacent to an activating group) is 1. The number of rotatable bonds is 6. The molecule has 1 fully saturated rings. The molecule has 2 heterocycles. The van der Waals surface area contributed by atoms with Crippen LogP contribution in [0.3, 0.4) is 0 Å². The van der Waals surface area contributed by atoms with Gasteiger partial charge in [-0.1, -0.05) is 36.8 Å². The van der Waals surface area contributed by atoms with E-state index in [9.17, 15) is 4.79 Å². The fourth-order valence-corrected chi connectivity index (χ4v) is 3.26. The summed E-state index contributed by atoms with van der Waals surface area (Å²) in [5.41, 5.74) is 1.16. The van der Waals surface area contributed by atoms with E-state index in [4.69, 9.17) is 0 Å². The highest BCUT2D eigenvalue weighted by atomic mass is 16.2. The maximum absolute atomic E-state index is 12.6. The van der Waals surface area contributed by atoms with Crippen molar-refractivity contribution in [3.05, 3.63) is 48.5 Å². The van der Waals surface area contributed by atoms with Gasteiger partial charge in [-0.05, 0) is 24.9 Å². The molecule has 2 aromatic rings.